The highest BCUT2D eigenvalue weighted by Crippen LogP contribution is 2.26. The van der Waals surface area contributed by atoms with Crippen molar-refractivity contribution < 1.29 is 9.72 Å². The number of rotatable bonds is 4. The van der Waals surface area contributed by atoms with E-state index in [-0.39, 0.29) is 22.3 Å². The Hall–Kier alpha value is -1.27. The molecule has 1 aromatic carbocycles. The highest BCUT2D eigenvalue weighted by Gasteiger charge is 2.24. The Morgan fingerprint density at radius 2 is 2.10 bits per heavy atom. The first kappa shape index (κ1) is 15.1. The minimum atomic E-state index is -0.345. The van der Waals surface area contributed by atoms with Crippen LogP contribution in [-0.4, -0.2) is 28.7 Å². The van der Waals surface area contributed by atoms with Gasteiger partial charge in [-0.15, -0.1) is 0 Å². The van der Waals surface area contributed by atoms with Crippen LogP contribution < -0.4 is 0 Å². The maximum atomic E-state index is 11.3. The molecule has 6 heteroatoms. The van der Waals surface area contributed by atoms with E-state index < -0.39 is 0 Å². The van der Waals surface area contributed by atoms with Gasteiger partial charge in [-0.25, -0.2) is 0 Å². The van der Waals surface area contributed by atoms with Crippen LogP contribution in [0.5, 0.6) is 0 Å². The predicted molar refractivity (Wildman–Crippen MR) is 79.5 cm³/mol. The van der Waals surface area contributed by atoms with Crippen molar-refractivity contribution in [3.05, 3.63) is 38.3 Å². The van der Waals surface area contributed by atoms with Crippen molar-refractivity contribution in [2.75, 3.05) is 13.1 Å². The fraction of sp³-hybridized carbons (Fsp3) is 0.500. The fourth-order valence-electron chi connectivity index (χ4n) is 2.58. The lowest BCUT2D eigenvalue weighted by Gasteiger charge is -2.30. The van der Waals surface area contributed by atoms with Crippen molar-refractivity contribution >= 4 is 27.4 Å². The van der Waals surface area contributed by atoms with E-state index in [1.807, 2.05) is 6.07 Å². The van der Waals surface area contributed by atoms with Crippen LogP contribution in [0, 0.1) is 16.0 Å². The highest BCUT2D eigenvalue weighted by atomic mass is 79.9. The number of nitro groups is 1. The first-order valence-electron chi connectivity index (χ1n) is 6.63. The lowest BCUT2D eigenvalue weighted by atomic mass is 9.93. The van der Waals surface area contributed by atoms with Gasteiger partial charge in [0.15, 0.2) is 0 Å². The molecule has 1 aliphatic heterocycles. The fourth-order valence-corrected chi connectivity index (χ4v) is 2.93. The molecule has 0 spiro atoms. The zero-order valence-electron chi connectivity index (χ0n) is 11.3. The summed E-state index contributed by atoms with van der Waals surface area (Å²) in [6, 6.07) is 5.15. The summed E-state index contributed by atoms with van der Waals surface area (Å²) in [7, 11) is 0. The SMILES string of the molecule is CC(=O)C1CCN(Cc2ccc(Br)cc2[N+](=O)[O-])CC1. The monoisotopic (exact) mass is 340 g/mol. The minimum absolute atomic E-state index is 0.146. The Bertz CT molecular complexity index is 525. The number of nitro benzene ring substituents is 1. The smallest absolute Gasteiger partial charge is 0.275 e. The number of benzene rings is 1. The van der Waals surface area contributed by atoms with Gasteiger partial charge in [-0.1, -0.05) is 15.9 Å². The number of piperidine rings is 1. The number of halogens is 1. The molecule has 0 unspecified atom stereocenters. The van der Waals surface area contributed by atoms with Gasteiger partial charge in [-0.05, 0) is 45.0 Å². The van der Waals surface area contributed by atoms with Crippen LogP contribution in [0.3, 0.4) is 0 Å². The normalized spacial score (nSPS) is 17.1. The molecule has 0 aliphatic carbocycles. The summed E-state index contributed by atoms with van der Waals surface area (Å²) in [4.78, 5) is 24.2. The van der Waals surface area contributed by atoms with E-state index in [1.165, 1.54) is 6.07 Å². The molecule has 1 aromatic rings. The molecular formula is C14H17BrN2O3. The van der Waals surface area contributed by atoms with Crippen molar-refractivity contribution in [3.63, 3.8) is 0 Å². The second kappa shape index (κ2) is 6.45. The van der Waals surface area contributed by atoms with E-state index >= 15 is 0 Å². The zero-order chi connectivity index (χ0) is 14.7. The van der Waals surface area contributed by atoms with Crippen LogP contribution in [0.25, 0.3) is 0 Å². The highest BCUT2D eigenvalue weighted by molar-refractivity contribution is 9.10. The topological polar surface area (TPSA) is 63.5 Å². The van der Waals surface area contributed by atoms with Crippen molar-refractivity contribution in [3.8, 4) is 0 Å². The molecular weight excluding hydrogens is 324 g/mol. The maximum absolute atomic E-state index is 11.3. The van der Waals surface area contributed by atoms with E-state index in [4.69, 9.17) is 0 Å². The second-order valence-electron chi connectivity index (χ2n) is 5.19. The third-order valence-corrected chi connectivity index (χ3v) is 4.29. The van der Waals surface area contributed by atoms with Crippen LogP contribution in [0.4, 0.5) is 5.69 Å². The number of carbonyl (C=O) groups excluding carboxylic acids is 1. The van der Waals surface area contributed by atoms with Gasteiger partial charge in [0.2, 0.25) is 0 Å². The Morgan fingerprint density at radius 1 is 1.45 bits per heavy atom. The van der Waals surface area contributed by atoms with E-state index in [1.54, 1.807) is 13.0 Å². The first-order valence-corrected chi connectivity index (χ1v) is 7.42. The molecule has 0 saturated carbocycles. The van der Waals surface area contributed by atoms with Crippen molar-refractivity contribution in [2.45, 2.75) is 26.3 Å². The molecule has 1 fully saturated rings. The first-order chi connectivity index (χ1) is 9.47. The van der Waals surface area contributed by atoms with Gasteiger partial charge in [-0.2, -0.15) is 0 Å². The molecule has 0 aromatic heterocycles. The summed E-state index contributed by atoms with van der Waals surface area (Å²) >= 11 is 3.26. The number of nitrogens with zero attached hydrogens (tertiary/aromatic N) is 2. The Morgan fingerprint density at radius 3 is 2.65 bits per heavy atom. The van der Waals surface area contributed by atoms with Gasteiger partial charge >= 0.3 is 0 Å². The number of hydrogen-bond acceptors (Lipinski definition) is 4. The molecule has 2 rings (SSSR count). The molecule has 0 N–H and O–H groups in total. The van der Waals surface area contributed by atoms with Gasteiger partial charge in [-0.3, -0.25) is 19.8 Å². The summed E-state index contributed by atoms with van der Waals surface area (Å²) in [5.74, 6) is 0.408. The molecule has 0 bridgehead atoms. The van der Waals surface area contributed by atoms with E-state index in [0.717, 1.165) is 31.5 Å². The standard InChI is InChI=1S/C14H17BrN2O3/c1-10(18)11-4-6-16(7-5-11)9-12-2-3-13(15)8-14(12)17(19)20/h2-3,8,11H,4-7,9H2,1H3. The number of hydrogen-bond donors (Lipinski definition) is 0. The minimum Gasteiger partial charge on any atom is -0.300 e. The van der Waals surface area contributed by atoms with Crippen molar-refractivity contribution in [2.24, 2.45) is 5.92 Å². The number of carbonyl (C=O) groups is 1. The number of ketones is 1. The molecule has 1 heterocycles. The lowest BCUT2D eigenvalue weighted by molar-refractivity contribution is -0.385. The summed E-state index contributed by atoms with van der Waals surface area (Å²) in [6.07, 6.45) is 1.69. The largest absolute Gasteiger partial charge is 0.300 e. The Labute approximate surface area is 126 Å². The zero-order valence-corrected chi connectivity index (χ0v) is 12.9. The summed E-state index contributed by atoms with van der Waals surface area (Å²) < 4.78 is 0.711. The maximum Gasteiger partial charge on any atom is 0.275 e. The summed E-state index contributed by atoms with van der Waals surface area (Å²) in [5, 5.41) is 11.1. The van der Waals surface area contributed by atoms with E-state index in [0.29, 0.717) is 11.0 Å². The van der Waals surface area contributed by atoms with Crippen molar-refractivity contribution in [1.29, 1.82) is 0 Å². The average molecular weight is 341 g/mol. The number of Topliss-reactive ketones (excluding diaryl/α,β-unsaturated/α-hetero) is 1. The van der Waals surface area contributed by atoms with Gasteiger partial charge in [0.05, 0.1) is 4.92 Å². The molecule has 1 aliphatic rings. The molecule has 5 nitrogen and oxygen atoms in total. The van der Waals surface area contributed by atoms with Crippen LogP contribution in [0.15, 0.2) is 22.7 Å². The third-order valence-electron chi connectivity index (χ3n) is 3.80. The van der Waals surface area contributed by atoms with Crippen LogP contribution in [-0.2, 0) is 11.3 Å². The van der Waals surface area contributed by atoms with Crippen LogP contribution in [0.1, 0.15) is 25.3 Å². The lowest BCUT2D eigenvalue weighted by Crippen LogP contribution is -2.35. The van der Waals surface area contributed by atoms with Gasteiger partial charge in [0, 0.05) is 28.6 Å². The van der Waals surface area contributed by atoms with Gasteiger partial charge in [0.1, 0.15) is 5.78 Å². The summed E-state index contributed by atoms with van der Waals surface area (Å²) in [5.41, 5.74) is 0.868. The van der Waals surface area contributed by atoms with E-state index in [2.05, 4.69) is 20.8 Å². The molecule has 0 atom stereocenters. The molecule has 20 heavy (non-hydrogen) atoms. The number of likely N-dealkylation sites (tertiary alicyclic amines) is 1. The molecule has 1 saturated heterocycles. The molecule has 0 amide bonds. The quantitative estimate of drug-likeness (QED) is 0.623. The van der Waals surface area contributed by atoms with Gasteiger partial charge in [0.25, 0.3) is 5.69 Å². The van der Waals surface area contributed by atoms with Crippen LogP contribution >= 0.6 is 15.9 Å². The Kier molecular flexibility index (Phi) is 4.88. The molecule has 0 radical (unpaired) electrons. The predicted octanol–water partition coefficient (Wildman–Crippen LogP) is 3.16. The average Bonchev–Trinajstić information content (AvgIpc) is 2.41. The van der Waals surface area contributed by atoms with Crippen LogP contribution in [0.2, 0.25) is 0 Å². The van der Waals surface area contributed by atoms with Crippen molar-refractivity contribution in [1.82, 2.24) is 4.90 Å². The Balaban J connectivity index is 2.04. The second-order valence-corrected chi connectivity index (χ2v) is 6.11. The van der Waals surface area contributed by atoms with E-state index in [9.17, 15) is 14.9 Å². The summed E-state index contributed by atoms with van der Waals surface area (Å²) in [6.45, 7) is 3.84. The third kappa shape index (κ3) is 3.64. The molecule has 108 valence electrons. The van der Waals surface area contributed by atoms with Gasteiger partial charge < -0.3 is 0 Å².